The number of hydrogen-bond acceptors (Lipinski definition) is 5. The van der Waals surface area contributed by atoms with Gasteiger partial charge in [-0.05, 0) is 17.7 Å². The second kappa shape index (κ2) is 5.88. The Bertz CT molecular complexity index is 540. The highest BCUT2D eigenvalue weighted by Gasteiger charge is 2.11. The van der Waals surface area contributed by atoms with Crippen molar-refractivity contribution in [2.24, 2.45) is 0 Å². The Morgan fingerprint density at radius 1 is 1.56 bits per heavy atom. The summed E-state index contributed by atoms with van der Waals surface area (Å²) >= 11 is 3.20. The zero-order valence-electron chi connectivity index (χ0n) is 9.62. The zero-order chi connectivity index (χ0) is 13.0. The third-order valence-electron chi connectivity index (χ3n) is 2.27. The van der Waals surface area contributed by atoms with Crippen molar-refractivity contribution >= 4 is 29.1 Å². The van der Waals surface area contributed by atoms with Crippen LogP contribution in [-0.4, -0.2) is 23.2 Å². The molecule has 0 radical (unpaired) electrons. The number of thiazole rings is 1. The van der Waals surface area contributed by atoms with Crippen LogP contribution in [0.2, 0.25) is 0 Å². The Labute approximate surface area is 113 Å². The number of ether oxygens (including phenoxy) is 1. The lowest BCUT2D eigenvalue weighted by Gasteiger charge is -2.07. The van der Waals surface area contributed by atoms with Crippen molar-refractivity contribution in [1.82, 2.24) is 4.98 Å². The summed E-state index contributed by atoms with van der Waals surface area (Å²) in [6.45, 7) is 0. The topological polar surface area (TPSA) is 59.4 Å². The molecule has 1 aromatic heterocycles. The van der Waals surface area contributed by atoms with E-state index < -0.39 is 5.97 Å². The third kappa shape index (κ3) is 3.02. The van der Waals surface area contributed by atoms with Crippen LogP contribution in [0.5, 0.6) is 5.75 Å². The lowest BCUT2D eigenvalue weighted by molar-refractivity contribution is 0.0693. The Morgan fingerprint density at radius 3 is 3.00 bits per heavy atom. The summed E-state index contributed by atoms with van der Waals surface area (Å²) in [7, 11) is 1.47. The maximum atomic E-state index is 10.9. The van der Waals surface area contributed by atoms with Gasteiger partial charge in [0, 0.05) is 17.3 Å². The smallest absolute Gasteiger partial charge is 0.339 e. The van der Waals surface area contributed by atoms with Gasteiger partial charge in [-0.2, -0.15) is 0 Å². The van der Waals surface area contributed by atoms with Crippen LogP contribution >= 0.6 is 23.1 Å². The minimum Gasteiger partial charge on any atom is -0.496 e. The predicted octanol–water partition coefficient (Wildman–Crippen LogP) is 3.14. The molecular weight excluding hydrogens is 270 g/mol. The number of methoxy groups -OCH3 is 1. The van der Waals surface area contributed by atoms with E-state index in [9.17, 15) is 4.79 Å². The molecule has 6 heteroatoms. The van der Waals surface area contributed by atoms with Gasteiger partial charge in [0.1, 0.15) is 15.7 Å². The predicted molar refractivity (Wildman–Crippen MR) is 71.6 cm³/mol. The van der Waals surface area contributed by atoms with Gasteiger partial charge in [0.2, 0.25) is 0 Å². The van der Waals surface area contributed by atoms with Gasteiger partial charge in [0.15, 0.2) is 0 Å². The number of aromatic nitrogens is 1. The van der Waals surface area contributed by atoms with Crippen molar-refractivity contribution in [1.29, 1.82) is 0 Å². The first-order valence-corrected chi connectivity index (χ1v) is 6.99. The number of carboxylic acids is 1. The Kier molecular flexibility index (Phi) is 4.22. The highest BCUT2D eigenvalue weighted by atomic mass is 32.2. The molecule has 0 saturated heterocycles. The van der Waals surface area contributed by atoms with Crippen molar-refractivity contribution in [2.45, 2.75) is 10.1 Å². The number of hydrogen-bond donors (Lipinski definition) is 1. The molecule has 0 atom stereocenters. The molecule has 0 fully saturated rings. The normalized spacial score (nSPS) is 10.3. The van der Waals surface area contributed by atoms with Gasteiger partial charge in [-0.1, -0.05) is 17.8 Å². The van der Waals surface area contributed by atoms with Crippen LogP contribution in [0.4, 0.5) is 0 Å². The van der Waals surface area contributed by atoms with Crippen LogP contribution in [-0.2, 0) is 5.75 Å². The number of thioether (sulfide) groups is 1. The summed E-state index contributed by atoms with van der Waals surface area (Å²) in [6.07, 6.45) is 1.76. The molecule has 4 nitrogen and oxygen atoms in total. The fraction of sp³-hybridized carbons (Fsp3) is 0.167. The highest BCUT2D eigenvalue weighted by molar-refractivity contribution is 8.00. The van der Waals surface area contributed by atoms with Crippen molar-refractivity contribution in [3.63, 3.8) is 0 Å². The van der Waals surface area contributed by atoms with Crippen molar-refractivity contribution in [3.8, 4) is 5.75 Å². The minimum absolute atomic E-state index is 0.181. The summed E-state index contributed by atoms with van der Waals surface area (Å²) in [6, 6.07) is 5.12. The molecule has 0 amide bonds. The lowest BCUT2D eigenvalue weighted by atomic mass is 10.1. The standard InChI is InChI=1S/C12H11NO3S2/c1-16-10-6-8(2-3-9(10)11(14)15)7-18-12-13-4-5-17-12/h2-6H,7H2,1H3,(H,14,15). The molecule has 2 aromatic rings. The van der Waals surface area contributed by atoms with Gasteiger partial charge in [-0.25, -0.2) is 9.78 Å². The molecule has 0 bridgehead atoms. The summed E-state index contributed by atoms with van der Waals surface area (Å²) < 4.78 is 6.08. The summed E-state index contributed by atoms with van der Waals surface area (Å²) in [5.41, 5.74) is 1.19. The van der Waals surface area contributed by atoms with E-state index in [1.807, 2.05) is 5.38 Å². The number of benzene rings is 1. The van der Waals surface area contributed by atoms with Crippen molar-refractivity contribution in [3.05, 3.63) is 40.9 Å². The van der Waals surface area contributed by atoms with Crippen LogP contribution in [0.25, 0.3) is 0 Å². The fourth-order valence-electron chi connectivity index (χ4n) is 1.43. The molecule has 0 unspecified atom stereocenters. The second-order valence-corrected chi connectivity index (χ2v) is 5.54. The third-order valence-corrected chi connectivity index (χ3v) is 4.31. The SMILES string of the molecule is COc1cc(CSc2nccs2)ccc1C(=O)O. The largest absolute Gasteiger partial charge is 0.496 e. The molecule has 0 aliphatic carbocycles. The van der Waals surface area contributed by atoms with E-state index in [1.165, 1.54) is 7.11 Å². The molecule has 1 heterocycles. The van der Waals surface area contributed by atoms with Gasteiger partial charge in [-0.15, -0.1) is 11.3 Å². The summed E-state index contributed by atoms with van der Waals surface area (Å²) in [5, 5.41) is 10.9. The molecule has 1 N–H and O–H groups in total. The number of nitrogens with zero attached hydrogens (tertiary/aromatic N) is 1. The van der Waals surface area contributed by atoms with E-state index in [4.69, 9.17) is 9.84 Å². The van der Waals surface area contributed by atoms with E-state index in [-0.39, 0.29) is 5.56 Å². The molecule has 18 heavy (non-hydrogen) atoms. The Morgan fingerprint density at radius 2 is 2.39 bits per heavy atom. The van der Waals surface area contributed by atoms with Crippen LogP contribution in [0, 0.1) is 0 Å². The molecule has 0 aliphatic rings. The van der Waals surface area contributed by atoms with Gasteiger partial charge in [-0.3, -0.25) is 0 Å². The maximum absolute atomic E-state index is 10.9. The minimum atomic E-state index is -0.981. The van der Waals surface area contributed by atoms with Crippen LogP contribution in [0.15, 0.2) is 34.1 Å². The van der Waals surface area contributed by atoms with E-state index in [0.717, 1.165) is 15.7 Å². The molecule has 0 aliphatic heterocycles. The highest BCUT2D eigenvalue weighted by Crippen LogP contribution is 2.27. The van der Waals surface area contributed by atoms with Crippen LogP contribution in [0.3, 0.4) is 0 Å². The maximum Gasteiger partial charge on any atom is 0.339 e. The van der Waals surface area contributed by atoms with E-state index >= 15 is 0 Å². The lowest BCUT2D eigenvalue weighted by Crippen LogP contribution is -2.00. The van der Waals surface area contributed by atoms with Gasteiger partial charge in [0.05, 0.1) is 7.11 Å². The average molecular weight is 281 g/mol. The molecule has 94 valence electrons. The van der Waals surface area contributed by atoms with Crippen molar-refractivity contribution in [2.75, 3.05) is 7.11 Å². The first-order valence-electron chi connectivity index (χ1n) is 5.13. The molecule has 0 spiro atoms. The molecule has 2 rings (SSSR count). The number of aromatic carboxylic acids is 1. The molecular formula is C12H11NO3S2. The van der Waals surface area contributed by atoms with Gasteiger partial charge < -0.3 is 9.84 Å². The molecule has 1 aromatic carbocycles. The van der Waals surface area contributed by atoms with E-state index in [2.05, 4.69) is 4.98 Å². The first kappa shape index (κ1) is 12.9. The molecule has 0 saturated carbocycles. The number of carbonyl (C=O) groups is 1. The van der Waals surface area contributed by atoms with E-state index in [1.54, 1.807) is 47.5 Å². The zero-order valence-corrected chi connectivity index (χ0v) is 11.3. The Hall–Kier alpha value is -1.53. The average Bonchev–Trinajstić information content (AvgIpc) is 2.88. The van der Waals surface area contributed by atoms with Gasteiger partial charge in [0.25, 0.3) is 0 Å². The van der Waals surface area contributed by atoms with Crippen molar-refractivity contribution < 1.29 is 14.6 Å². The monoisotopic (exact) mass is 281 g/mol. The number of carboxylic acid groups (broad SMARTS) is 1. The Balaban J connectivity index is 2.12. The first-order chi connectivity index (χ1) is 8.70. The van der Waals surface area contributed by atoms with Gasteiger partial charge >= 0.3 is 5.97 Å². The summed E-state index contributed by atoms with van der Waals surface area (Å²) in [4.78, 5) is 15.1. The summed E-state index contributed by atoms with van der Waals surface area (Å²) in [5.74, 6) is 0.148. The van der Waals surface area contributed by atoms with Crippen LogP contribution in [0.1, 0.15) is 15.9 Å². The van der Waals surface area contributed by atoms with Crippen LogP contribution < -0.4 is 4.74 Å². The van der Waals surface area contributed by atoms with E-state index in [0.29, 0.717) is 5.75 Å². The number of rotatable bonds is 5. The quantitative estimate of drug-likeness (QED) is 0.853. The second-order valence-electron chi connectivity index (χ2n) is 3.43. The fourth-order valence-corrected chi connectivity index (χ4v) is 3.01.